The molecule has 6 heteroatoms. The van der Waals surface area contributed by atoms with Crippen molar-refractivity contribution in [3.63, 3.8) is 0 Å². The molecule has 2 aromatic rings. The number of carbonyl (C=O) groups is 2. The standard InChI is InChI=1S/C39H42O6/c1-2-3-15-32-39-21-20-27(28-18-19-29-31(14-10-5-4-6-11-22-40)44-37(42)34(29)35(28)39)33(36(39)38(43)45-32)30-23-25(41)16-17-26(30)24-12-8-7-9-13-24/h7-9,12-17,23,27-28,35,40-41H,2-6,10-11,18-22H2,1H3/t27-,28-,35-,39-/m1/s1. The van der Waals surface area contributed by atoms with E-state index in [1.54, 1.807) is 6.07 Å². The Hall–Kier alpha value is -3.90. The van der Waals surface area contributed by atoms with Crippen LogP contribution in [0.1, 0.15) is 83.1 Å². The van der Waals surface area contributed by atoms with Crippen molar-refractivity contribution in [1.29, 1.82) is 0 Å². The molecule has 0 unspecified atom stereocenters. The fourth-order valence-corrected chi connectivity index (χ4v) is 9.00. The third-order valence-electron chi connectivity index (χ3n) is 10.8. The number of fused-ring (bicyclic) bond motifs is 1. The number of phenolic OH excluding ortho intramolecular Hbond substituents is 1. The first-order chi connectivity index (χ1) is 22.0. The van der Waals surface area contributed by atoms with Crippen molar-refractivity contribution < 1.29 is 29.3 Å². The zero-order chi connectivity index (χ0) is 31.1. The van der Waals surface area contributed by atoms with Crippen molar-refractivity contribution >= 4 is 17.5 Å². The summed E-state index contributed by atoms with van der Waals surface area (Å²) in [5.74, 6) is 0.969. The number of ether oxygens (including phenoxy) is 2. The Kier molecular flexibility index (Phi) is 8.03. The van der Waals surface area contributed by atoms with Gasteiger partial charge < -0.3 is 19.7 Å². The van der Waals surface area contributed by atoms with Gasteiger partial charge in [0.15, 0.2) is 0 Å². The molecule has 2 fully saturated rings. The van der Waals surface area contributed by atoms with E-state index in [-0.39, 0.29) is 42.0 Å². The van der Waals surface area contributed by atoms with Crippen LogP contribution in [0.5, 0.6) is 5.75 Å². The van der Waals surface area contributed by atoms with Crippen molar-refractivity contribution in [2.24, 2.45) is 23.2 Å². The van der Waals surface area contributed by atoms with Gasteiger partial charge in [0.05, 0.1) is 11.0 Å². The summed E-state index contributed by atoms with van der Waals surface area (Å²) in [6, 6.07) is 15.6. The van der Waals surface area contributed by atoms with Gasteiger partial charge in [-0.25, -0.2) is 9.59 Å². The highest BCUT2D eigenvalue weighted by Gasteiger charge is 2.68. The average Bonchev–Trinajstić information content (AvgIpc) is 3.54. The van der Waals surface area contributed by atoms with Gasteiger partial charge in [-0.05, 0) is 110 Å². The number of hydrogen-bond acceptors (Lipinski definition) is 6. The molecule has 4 aliphatic carbocycles. The van der Waals surface area contributed by atoms with Crippen LogP contribution in [-0.2, 0) is 19.1 Å². The summed E-state index contributed by atoms with van der Waals surface area (Å²) in [7, 11) is 0. The molecule has 0 aromatic heterocycles. The van der Waals surface area contributed by atoms with Gasteiger partial charge in [-0.15, -0.1) is 0 Å². The van der Waals surface area contributed by atoms with Crippen LogP contribution in [0.3, 0.4) is 0 Å². The number of aliphatic hydroxyl groups is 1. The lowest BCUT2D eigenvalue weighted by Gasteiger charge is -2.56. The van der Waals surface area contributed by atoms with Gasteiger partial charge in [0, 0.05) is 23.7 Å². The summed E-state index contributed by atoms with van der Waals surface area (Å²) < 4.78 is 12.2. The minimum absolute atomic E-state index is 0.0515. The lowest BCUT2D eigenvalue weighted by molar-refractivity contribution is -0.135. The van der Waals surface area contributed by atoms with Gasteiger partial charge in [-0.1, -0.05) is 62.6 Å². The van der Waals surface area contributed by atoms with E-state index < -0.39 is 5.41 Å². The normalized spacial score (nSPS) is 28.4. The first-order valence-corrected chi connectivity index (χ1v) is 16.8. The number of esters is 2. The number of aromatic hydroxyl groups is 1. The van der Waals surface area contributed by atoms with E-state index in [1.165, 1.54) is 0 Å². The Bertz CT molecular complexity index is 1640. The quantitative estimate of drug-likeness (QED) is 0.209. The van der Waals surface area contributed by atoms with Gasteiger partial charge in [0.25, 0.3) is 0 Å². The molecule has 2 aliphatic heterocycles. The summed E-state index contributed by atoms with van der Waals surface area (Å²) in [6.07, 6.45) is 13.8. The van der Waals surface area contributed by atoms with Crippen molar-refractivity contribution in [1.82, 2.24) is 0 Å². The molecule has 1 saturated carbocycles. The average molecular weight is 607 g/mol. The van der Waals surface area contributed by atoms with Gasteiger partial charge in [-0.3, -0.25) is 0 Å². The van der Waals surface area contributed by atoms with E-state index in [1.807, 2.05) is 30.3 Å². The van der Waals surface area contributed by atoms with Gasteiger partial charge in [0.1, 0.15) is 17.3 Å². The summed E-state index contributed by atoms with van der Waals surface area (Å²) in [5.41, 5.74) is 5.57. The van der Waals surface area contributed by atoms with Crippen LogP contribution in [0.15, 0.2) is 88.9 Å². The molecule has 6 nitrogen and oxygen atoms in total. The molecule has 0 amide bonds. The van der Waals surface area contributed by atoms with Crippen LogP contribution in [0, 0.1) is 23.2 Å². The smallest absolute Gasteiger partial charge is 0.340 e. The zero-order valence-electron chi connectivity index (χ0n) is 26.0. The number of unbranched alkanes of at least 4 members (excludes halogenated alkanes) is 5. The number of hydrogen-bond donors (Lipinski definition) is 2. The molecule has 1 spiro atoms. The van der Waals surface area contributed by atoms with E-state index in [0.29, 0.717) is 17.1 Å². The second kappa shape index (κ2) is 12.1. The Morgan fingerprint density at radius 3 is 2.51 bits per heavy atom. The summed E-state index contributed by atoms with van der Waals surface area (Å²) in [4.78, 5) is 27.9. The molecular formula is C39H42O6. The maximum atomic E-state index is 14.1. The molecule has 1 saturated heterocycles. The monoisotopic (exact) mass is 606 g/mol. The molecule has 2 N–H and O–H groups in total. The van der Waals surface area contributed by atoms with Gasteiger partial charge in [-0.2, -0.15) is 0 Å². The highest BCUT2D eigenvalue weighted by atomic mass is 16.5. The van der Waals surface area contributed by atoms with E-state index in [0.717, 1.165) is 104 Å². The lowest BCUT2D eigenvalue weighted by Crippen LogP contribution is -2.52. The molecule has 234 valence electrons. The number of phenols is 1. The van der Waals surface area contributed by atoms with Crippen molar-refractivity contribution in [2.45, 2.75) is 77.6 Å². The van der Waals surface area contributed by atoms with Crippen LogP contribution in [-0.4, -0.2) is 28.8 Å². The molecule has 2 aromatic carbocycles. The highest BCUT2D eigenvalue weighted by Crippen LogP contribution is 2.72. The predicted molar refractivity (Wildman–Crippen MR) is 172 cm³/mol. The number of allylic oxidation sites excluding steroid dienone is 5. The zero-order valence-corrected chi connectivity index (χ0v) is 26.0. The van der Waals surface area contributed by atoms with Crippen LogP contribution in [0.4, 0.5) is 0 Å². The fourth-order valence-electron chi connectivity index (χ4n) is 9.00. The first kappa shape index (κ1) is 29.8. The Morgan fingerprint density at radius 2 is 1.71 bits per heavy atom. The molecule has 4 atom stereocenters. The lowest BCUT2D eigenvalue weighted by atomic mass is 9.44. The van der Waals surface area contributed by atoms with Gasteiger partial charge >= 0.3 is 11.9 Å². The minimum atomic E-state index is -0.736. The molecule has 45 heavy (non-hydrogen) atoms. The van der Waals surface area contributed by atoms with E-state index in [9.17, 15) is 14.7 Å². The van der Waals surface area contributed by atoms with E-state index >= 15 is 0 Å². The Balaban J connectivity index is 1.39. The molecule has 2 heterocycles. The number of carbonyl (C=O) groups excluding carboxylic acids is 2. The molecule has 2 bridgehead atoms. The first-order valence-electron chi connectivity index (χ1n) is 16.8. The minimum Gasteiger partial charge on any atom is -0.508 e. The molecule has 0 radical (unpaired) electrons. The summed E-state index contributed by atoms with van der Waals surface area (Å²) in [5, 5.41) is 19.8. The third kappa shape index (κ3) is 4.80. The fraction of sp³-hybridized carbons (Fsp3) is 0.436. The van der Waals surface area contributed by atoms with Crippen LogP contribution >= 0.6 is 0 Å². The number of cyclic esters (lactones) is 2. The SMILES string of the molecule is CCCC=C1OC(=O)C2=C(c3cc(O)ccc3-c3ccccc3)[C@@H]3CC[C@]12[C@H]1C2=C(CC[C@H]31)C(=CCCCCCCO)OC2=O. The molecule has 6 aliphatic rings. The summed E-state index contributed by atoms with van der Waals surface area (Å²) in [6.45, 7) is 2.34. The Morgan fingerprint density at radius 1 is 0.889 bits per heavy atom. The van der Waals surface area contributed by atoms with E-state index in [4.69, 9.17) is 14.6 Å². The van der Waals surface area contributed by atoms with Crippen molar-refractivity contribution in [3.05, 3.63) is 94.5 Å². The number of rotatable bonds is 10. The maximum absolute atomic E-state index is 14.1. The maximum Gasteiger partial charge on any atom is 0.340 e. The second-order valence-electron chi connectivity index (χ2n) is 13.2. The van der Waals surface area contributed by atoms with Gasteiger partial charge in [0.2, 0.25) is 0 Å². The van der Waals surface area contributed by atoms with Crippen LogP contribution in [0.2, 0.25) is 0 Å². The summed E-state index contributed by atoms with van der Waals surface area (Å²) >= 11 is 0. The second-order valence-corrected chi connectivity index (χ2v) is 13.2. The topological polar surface area (TPSA) is 93.1 Å². The van der Waals surface area contributed by atoms with Crippen LogP contribution in [0.25, 0.3) is 16.7 Å². The van der Waals surface area contributed by atoms with Crippen molar-refractivity contribution in [2.75, 3.05) is 6.61 Å². The molecule has 8 rings (SSSR count). The number of aliphatic hydroxyl groups excluding tert-OH is 1. The largest absolute Gasteiger partial charge is 0.508 e. The Labute approximate surface area is 265 Å². The van der Waals surface area contributed by atoms with Crippen LogP contribution < -0.4 is 0 Å². The van der Waals surface area contributed by atoms with Crippen molar-refractivity contribution in [3.8, 4) is 16.9 Å². The number of benzene rings is 2. The van der Waals surface area contributed by atoms with E-state index in [2.05, 4.69) is 31.2 Å². The molecular weight excluding hydrogens is 564 g/mol. The highest BCUT2D eigenvalue weighted by molar-refractivity contribution is 6.07. The third-order valence-corrected chi connectivity index (χ3v) is 10.8. The predicted octanol–water partition coefficient (Wildman–Crippen LogP) is 8.17.